The van der Waals surface area contributed by atoms with E-state index in [1.807, 2.05) is 4.90 Å². The molecule has 3 heterocycles. The average molecular weight is 449 g/mol. The topological polar surface area (TPSA) is 81.2 Å². The van der Waals surface area contributed by atoms with Gasteiger partial charge in [0.1, 0.15) is 6.04 Å². The van der Waals surface area contributed by atoms with E-state index in [4.69, 9.17) is 0 Å². The fourth-order valence-electron chi connectivity index (χ4n) is 4.97. The van der Waals surface area contributed by atoms with Gasteiger partial charge in [-0.2, -0.15) is 4.31 Å². The van der Waals surface area contributed by atoms with E-state index in [9.17, 15) is 18.0 Å². The standard InChI is InChI=1S/C22H32N4O4S/c1-3-8-23-11-13-24(14-12-23)22(28)21-16-18-15-19(6-7-20(18)26(21)17(2)27)31(29,30)25-9-4-5-10-25/h6-7,15,21H,3-5,8-14,16H2,1-2H3. The number of sulfonamides is 1. The number of piperazine rings is 1. The number of carbonyl (C=O) groups excluding carboxylic acids is 2. The third-order valence-electron chi connectivity index (χ3n) is 6.59. The molecule has 4 rings (SSSR count). The SMILES string of the molecule is CCCN1CCN(C(=O)C2Cc3cc(S(=O)(=O)N4CCCC4)ccc3N2C(C)=O)CC1. The Hall–Kier alpha value is -1.97. The van der Waals surface area contributed by atoms with Gasteiger partial charge in [-0.15, -0.1) is 0 Å². The van der Waals surface area contributed by atoms with Crippen LogP contribution in [-0.2, 0) is 26.0 Å². The maximum absolute atomic E-state index is 13.3. The molecule has 0 N–H and O–H groups in total. The molecule has 1 unspecified atom stereocenters. The number of amides is 2. The van der Waals surface area contributed by atoms with Crippen LogP contribution < -0.4 is 4.90 Å². The summed E-state index contributed by atoms with van der Waals surface area (Å²) in [4.78, 5) is 31.8. The lowest BCUT2D eigenvalue weighted by atomic mass is 10.1. The number of nitrogens with zero attached hydrogens (tertiary/aromatic N) is 4. The lowest BCUT2D eigenvalue weighted by Gasteiger charge is -2.37. The molecule has 0 saturated carbocycles. The van der Waals surface area contributed by atoms with E-state index >= 15 is 0 Å². The number of benzene rings is 1. The number of carbonyl (C=O) groups is 2. The van der Waals surface area contributed by atoms with Crippen LogP contribution in [0.15, 0.2) is 23.1 Å². The van der Waals surface area contributed by atoms with Gasteiger partial charge in [0.2, 0.25) is 21.8 Å². The zero-order valence-electron chi connectivity index (χ0n) is 18.4. The minimum Gasteiger partial charge on any atom is -0.338 e. The molecular formula is C22H32N4O4S. The van der Waals surface area contributed by atoms with E-state index in [-0.39, 0.29) is 16.7 Å². The first-order valence-electron chi connectivity index (χ1n) is 11.3. The van der Waals surface area contributed by atoms with Crippen LogP contribution in [0, 0.1) is 0 Å². The molecular weight excluding hydrogens is 416 g/mol. The highest BCUT2D eigenvalue weighted by atomic mass is 32.2. The van der Waals surface area contributed by atoms with Gasteiger partial charge in [0.05, 0.1) is 4.90 Å². The van der Waals surface area contributed by atoms with Crippen LogP contribution >= 0.6 is 0 Å². The maximum atomic E-state index is 13.3. The Morgan fingerprint density at radius 2 is 1.71 bits per heavy atom. The first kappa shape index (κ1) is 22.2. The number of hydrogen-bond donors (Lipinski definition) is 0. The summed E-state index contributed by atoms with van der Waals surface area (Å²) in [5.74, 6) is -0.247. The smallest absolute Gasteiger partial charge is 0.246 e. The average Bonchev–Trinajstić information content (AvgIpc) is 3.42. The van der Waals surface area contributed by atoms with Crippen molar-refractivity contribution in [2.45, 2.75) is 50.5 Å². The molecule has 0 spiro atoms. The highest BCUT2D eigenvalue weighted by molar-refractivity contribution is 7.89. The fourth-order valence-corrected chi connectivity index (χ4v) is 6.54. The fraction of sp³-hybridized carbons (Fsp3) is 0.636. The van der Waals surface area contributed by atoms with Crippen molar-refractivity contribution in [1.82, 2.24) is 14.1 Å². The zero-order valence-corrected chi connectivity index (χ0v) is 19.2. The Balaban J connectivity index is 1.55. The largest absolute Gasteiger partial charge is 0.338 e. The molecule has 1 aromatic rings. The van der Waals surface area contributed by atoms with Crippen molar-refractivity contribution in [3.63, 3.8) is 0 Å². The van der Waals surface area contributed by atoms with Gasteiger partial charge in [0.25, 0.3) is 0 Å². The van der Waals surface area contributed by atoms with E-state index < -0.39 is 16.1 Å². The maximum Gasteiger partial charge on any atom is 0.246 e. The molecule has 0 bridgehead atoms. The summed E-state index contributed by atoms with van der Waals surface area (Å²) in [5, 5.41) is 0. The van der Waals surface area contributed by atoms with Crippen LogP contribution in [0.4, 0.5) is 5.69 Å². The molecule has 170 valence electrons. The highest BCUT2D eigenvalue weighted by Crippen LogP contribution is 2.36. The van der Waals surface area contributed by atoms with E-state index in [0.717, 1.165) is 44.5 Å². The highest BCUT2D eigenvalue weighted by Gasteiger charge is 2.40. The first-order chi connectivity index (χ1) is 14.8. The van der Waals surface area contributed by atoms with Gasteiger partial charge in [-0.25, -0.2) is 8.42 Å². The lowest BCUT2D eigenvalue weighted by Crippen LogP contribution is -2.55. The second kappa shape index (κ2) is 8.88. The van der Waals surface area contributed by atoms with Gasteiger partial charge in [-0.1, -0.05) is 6.92 Å². The monoisotopic (exact) mass is 448 g/mol. The van der Waals surface area contributed by atoms with Gasteiger partial charge in [-0.3, -0.25) is 19.4 Å². The molecule has 8 nitrogen and oxygen atoms in total. The van der Waals surface area contributed by atoms with Crippen LogP contribution in [0.2, 0.25) is 0 Å². The van der Waals surface area contributed by atoms with Crippen molar-refractivity contribution in [3.8, 4) is 0 Å². The van der Waals surface area contributed by atoms with Gasteiger partial charge in [-0.05, 0) is 49.6 Å². The number of anilines is 1. The van der Waals surface area contributed by atoms with Crippen LogP contribution in [0.3, 0.4) is 0 Å². The Labute approximate surface area is 184 Å². The Bertz CT molecular complexity index is 950. The number of rotatable bonds is 5. The minimum atomic E-state index is -3.54. The van der Waals surface area contributed by atoms with Crippen LogP contribution in [0.5, 0.6) is 0 Å². The third-order valence-corrected chi connectivity index (χ3v) is 8.48. The summed E-state index contributed by atoms with van der Waals surface area (Å²) in [6.07, 6.45) is 3.20. The summed E-state index contributed by atoms with van der Waals surface area (Å²) in [6, 6.07) is 4.31. The Kier molecular flexibility index (Phi) is 6.37. The predicted octanol–water partition coefficient (Wildman–Crippen LogP) is 1.30. The molecule has 0 aromatic heterocycles. The number of fused-ring (bicyclic) bond motifs is 1. The van der Waals surface area contributed by atoms with E-state index in [2.05, 4.69) is 11.8 Å². The quantitative estimate of drug-likeness (QED) is 0.678. The summed E-state index contributed by atoms with van der Waals surface area (Å²) >= 11 is 0. The van der Waals surface area contributed by atoms with Crippen LogP contribution in [0.25, 0.3) is 0 Å². The summed E-state index contributed by atoms with van der Waals surface area (Å²) in [6.45, 7) is 8.74. The van der Waals surface area contributed by atoms with Crippen molar-refractivity contribution >= 4 is 27.5 Å². The second-order valence-corrected chi connectivity index (χ2v) is 10.6. The minimum absolute atomic E-state index is 0.0495. The first-order valence-corrected chi connectivity index (χ1v) is 12.7. The van der Waals surface area contributed by atoms with Crippen LogP contribution in [0.1, 0.15) is 38.7 Å². The molecule has 0 radical (unpaired) electrons. The lowest BCUT2D eigenvalue weighted by molar-refractivity contribution is -0.135. The van der Waals surface area contributed by atoms with E-state index in [0.29, 0.717) is 38.3 Å². The number of hydrogen-bond acceptors (Lipinski definition) is 5. The second-order valence-electron chi connectivity index (χ2n) is 8.68. The zero-order chi connectivity index (χ0) is 22.2. The predicted molar refractivity (Wildman–Crippen MR) is 118 cm³/mol. The Morgan fingerprint density at radius 1 is 1.03 bits per heavy atom. The van der Waals surface area contributed by atoms with Gasteiger partial charge in [0.15, 0.2) is 0 Å². The molecule has 2 saturated heterocycles. The molecule has 2 amide bonds. The van der Waals surface area contributed by atoms with Crippen molar-refractivity contribution in [3.05, 3.63) is 23.8 Å². The molecule has 0 aliphatic carbocycles. The molecule has 31 heavy (non-hydrogen) atoms. The van der Waals surface area contributed by atoms with Crippen molar-refractivity contribution in [2.75, 3.05) is 50.7 Å². The van der Waals surface area contributed by atoms with Crippen molar-refractivity contribution in [1.29, 1.82) is 0 Å². The van der Waals surface area contributed by atoms with Crippen molar-refractivity contribution in [2.24, 2.45) is 0 Å². The third kappa shape index (κ3) is 4.23. The van der Waals surface area contributed by atoms with Crippen molar-refractivity contribution < 1.29 is 18.0 Å². The Morgan fingerprint density at radius 3 is 2.32 bits per heavy atom. The normalized spacial score (nSPS) is 22.7. The summed E-state index contributed by atoms with van der Waals surface area (Å²) in [7, 11) is -3.54. The molecule has 3 aliphatic heterocycles. The van der Waals surface area contributed by atoms with Crippen LogP contribution in [-0.4, -0.2) is 86.2 Å². The van der Waals surface area contributed by atoms with Gasteiger partial charge in [0, 0.05) is 58.3 Å². The van der Waals surface area contributed by atoms with E-state index in [1.165, 1.54) is 11.2 Å². The molecule has 2 fully saturated rings. The van der Waals surface area contributed by atoms with Gasteiger partial charge >= 0.3 is 0 Å². The van der Waals surface area contributed by atoms with E-state index in [1.54, 1.807) is 23.1 Å². The molecule has 1 atom stereocenters. The summed E-state index contributed by atoms with van der Waals surface area (Å²) < 4.78 is 27.4. The molecule has 3 aliphatic rings. The van der Waals surface area contributed by atoms with Gasteiger partial charge < -0.3 is 4.90 Å². The molecule has 9 heteroatoms. The summed E-state index contributed by atoms with van der Waals surface area (Å²) in [5.41, 5.74) is 1.40. The molecule has 1 aromatic carbocycles.